The van der Waals surface area contributed by atoms with E-state index < -0.39 is 11.6 Å². The van der Waals surface area contributed by atoms with E-state index in [-0.39, 0.29) is 17.2 Å². The molecule has 1 aliphatic carbocycles. The van der Waals surface area contributed by atoms with Gasteiger partial charge >= 0.3 is 0 Å². The highest BCUT2D eigenvalue weighted by atomic mass is 19.2. The molecule has 1 fully saturated rings. The van der Waals surface area contributed by atoms with E-state index in [1.807, 2.05) is 6.92 Å². The maximum atomic E-state index is 14.3. The van der Waals surface area contributed by atoms with Gasteiger partial charge in [0.15, 0.2) is 11.6 Å². The van der Waals surface area contributed by atoms with Crippen molar-refractivity contribution >= 4 is 0 Å². The van der Waals surface area contributed by atoms with Crippen molar-refractivity contribution in [1.29, 1.82) is 0 Å². The Balaban J connectivity index is 1.59. The van der Waals surface area contributed by atoms with Gasteiger partial charge in [-0.25, -0.2) is 4.39 Å². The molecule has 154 valence electrons. The van der Waals surface area contributed by atoms with E-state index in [1.165, 1.54) is 23.3 Å². The van der Waals surface area contributed by atoms with Gasteiger partial charge in [-0.3, -0.25) is 0 Å². The fourth-order valence-corrected chi connectivity index (χ4v) is 3.84. The molecule has 0 unspecified atom stereocenters. The van der Waals surface area contributed by atoms with Crippen molar-refractivity contribution in [1.82, 2.24) is 0 Å². The maximum absolute atomic E-state index is 14.3. The molecule has 0 aromatic heterocycles. The molecule has 3 rings (SSSR count). The Labute approximate surface area is 173 Å². The summed E-state index contributed by atoms with van der Waals surface area (Å²) in [6.07, 6.45) is 6.99. The Bertz CT molecular complexity index is 853. The molecule has 2 aromatic carbocycles. The van der Waals surface area contributed by atoms with E-state index in [0.717, 1.165) is 44.9 Å². The summed E-state index contributed by atoms with van der Waals surface area (Å²) in [7, 11) is 0. The third-order valence-corrected chi connectivity index (χ3v) is 5.80. The lowest BCUT2D eigenvalue weighted by Crippen LogP contribution is -2.12. The molecule has 0 aliphatic heterocycles. The Morgan fingerprint density at radius 3 is 2.31 bits per heavy atom. The second-order valence-electron chi connectivity index (χ2n) is 7.85. The van der Waals surface area contributed by atoms with Gasteiger partial charge in [-0.1, -0.05) is 56.4 Å². The summed E-state index contributed by atoms with van der Waals surface area (Å²) >= 11 is 0. The van der Waals surface area contributed by atoms with Crippen LogP contribution < -0.4 is 4.74 Å². The lowest BCUT2D eigenvalue weighted by molar-refractivity contribution is 0.288. The molecular formula is C26H30F2O. The lowest BCUT2D eigenvalue weighted by atomic mass is 9.79. The molecule has 0 N–H and O–H groups in total. The largest absolute Gasteiger partial charge is 0.490 e. The highest BCUT2D eigenvalue weighted by Crippen LogP contribution is 2.35. The summed E-state index contributed by atoms with van der Waals surface area (Å²) in [5, 5.41) is 0. The van der Waals surface area contributed by atoms with E-state index in [2.05, 4.69) is 43.0 Å². The van der Waals surface area contributed by atoms with Crippen molar-refractivity contribution in [3.63, 3.8) is 0 Å². The molecule has 0 saturated heterocycles. The Morgan fingerprint density at radius 2 is 1.66 bits per heavy atom. The van der Waals surface area contributed by atoms with Crippen LogP contribution in [0.4, 0.5) is 8.78 Å². The van der Waals surface area contributed by atoms with Gasteiger partial charge in [-0.2, -0.15) is 4.39 Å². The fraction of sp³-hybridized carbons (Fsp3) is 0.462. The number of aryl methyl sites for hydroxylation is 1. The first-order chi connectivity index (χ1) is 14.1. The van der Waals surface area contributed by atoms with Crippen LogP contribution in [0.25, 0.3) is 0 Å². The molecule has 0 spiro atoms. The summed E-state index contributed by atoms with van der Waals surface area (Å²) in [6.45, 7) is 4.58. The molecule has 2 aromatic rings. The third-order valence-electron chi connectivity index (χ3n) is 5.80. The van der Waals surface area contributed by atoms with Crippen molar-refractivity contribution < 1.29 is 13.5 Å². The molecule has 0 bridgehead atoms. The Morgan fingerprint density at radius 1 is 0.931 bits per heavy atom. The monoisotopic (exact) mass is 396 g/mol. The van der Waals surface area contributed by atoms with Gasteiger partial charge in [-0.15, -0.1) is 0 Å². The fourth-order valence-electron chi connectivity index (χ4n) is 3.84. The molecule has 3 heteroatoms. The quantitative estimate of drug-likeness (QED) is 0.376. The predicted molar refractivity (Wildman–Crippen MR) is 114 cm³/mol. The van der Waals surface area contributed by atoms with Crippen LogP contribution in [0.3, 0.4) is 0 Å². The minimum Gasteiger partial charge on any atom is -0.490 e. The molecule has 1 saturated carbocycles. The van der Waals surface area contributed by atoms with Crippen molar-refractivity contribution in [2.75, 3.05) is 6.61 Å². The van der Waals surface area contributed by atoms with Crippen molar-refractivity contribution in [2.24, 2.45) is 5.92 Å². The highest BCUT2D eigenvalue weighted by Gasteiger charge is 2.21. The molecule has 0 radical (unpaired) electrons. The maximum Gasteiger partial charge on any atom is 0.201 e. The van der Waals surface area contributed by atoms with Crippen LogP contribution in [-0.4, -0.2) is 6.61 Å². The molecule has 0 amide bonds. The van der Waals surface area contributed by atoms with Crippen molar-refractivity contribution in [2.45, 2.75) is 64.7 Å². The van der Waals surface area contributed by atoms with Crippen LogP contribution >= 0.6 is 0 Å². The lowest BCUT2D eigenvalue weighted by Gasteiger charge is -2.26. The first-order valence-corrected chi connectivity index (χ1v) is 10.8. The summed E-state index contributed by atoms with van der Waals surface area (Å²) < 4.78 is 33.8. The SMILES string of the molecule is CCCCOc1ccc(C#C[C@H]2CC[C@H](c3ccc(CC)cc3)CC2)c(F)c1F. The number of unbranched alkanes of at least 4 members (excludes halogenated alkanes) is 1. The minimum absolute atomic E-state index is 0.0314. The molecular weight excluding hydrogens is 366 g/mol. The van der Waals surface area contributed by atoms with E-state index in [9.17, 15) is 8.78 Å². The molecule has 29 heavy (non-hydrogen) atoms. The van der Waals surface area contributed by atoms with Gasteiger partial charge in [0.25, 0.3) is 0 Å². The van der Waals surface area contributed by atoms with E-state index >= 15 is 0 Å². The summed E-state index contributed by atoms with van der Waals surface area (Å²) in [5.41, 5.74) is 2.88. The van der Waals surface area contributed by atoms with Crippen molar-refractivity contribution in [3.05, 3.63) is 64.7 Å². The first kappa shape index (κ1) is 21.4. The molecule has 0 heterocycles. The van der Waals surface area contributed by atoms with Crippen LogP contribution in [0.15, 0.2) is 36.4 Å². The summed E-state index contributed by atoms with van der Waals surface area (Å²) in [6, 6.07) is 11.9. The predicted octanol–water partition coefficient (Wildman–Crippen LogP) is 7.03. The first-order valence-electron chi connectivity index (χ1n) is 10.8. The standard InChI is InChI=1S/C26H30F2O/c1-3-5-18-29-24-17-16-23(25(27)26(24)28)15-10-20-8-13-22(14-9-20)21-11-6-19(4-2)7-12-21/h6-7,11-12,16-17,20,22H,3-5,8-9,13-14,18H2,1-2H3/t20-,22-. The van der Waals surface area contributed by atoms with Gasteiger partial charge in [0.2, 0.25) is 5.82 Å². The second kappa shape index (κ2) is 10.4. The van der Waals surface area contributed by atoms with Crippen LogP contribution in [0.1, 0.15) is 75.0 Å². The van der Waals surface area contributed by atoms with E-state index in [1.54, 1.807) is 0 Å². The smallest absolute Gasteiger partial charge is 0.201 e. The zero-order chi connectivity index (χ0) is 20.6. The molecule has 1 nitrogen and oxygen atoms in total. The molecule has 1 aliphatic rings. The van der Waals surface area contributed by atoms with Gasteiger partial charge in [0, 0.05) is 5.92 Å². The van der Waals surface area contributed by atoms with Gasteiger partial charge < -0.3 is 4.74 Å². The van der Waals surface area contributed by atoms with E-state index in [0.29, 0.717) is 12.5 Å². The second-order valence-corrected chi connectivity index (χ2v) is 7.85. The summed E-state index contributed by atoms with van der Waals surface area (Å²) in [4.78, 5) is 0. The van der Waals surface area contributed by atoms with Gasteiger partial charge in [-0.05, 0) is 67.7 Å². The average molecular weight is 397 g/mol. The minimum atomic E-state index is -0.938. The normalized spacial score (nSPS) is 18.8. The number of hydrogen-bond acceptors (Lipinski definition) is 1. The number of benzene rings is 2. The van der Waals surface area contributed by atoms with Gasteiger partial charge in [0.1, 0.15) is 0 Å². The zero-order valence-electron chi connectivity index (χ0n) is 17.4. The van der Waals surface area contributed by atoms with Crippen molar-refractivity contribution in [3.8, 4) is 17.6 Å². The highest BCUT2D eigenvalue weighted by molar-refractivity contribution is 5.41. The van der Waals surface area contributed by atoms with E-state index in [4.69, 9.17) is 4.74 Å². The Kier molecular flexibility index (Phi) is 7.69. The zero-order valence-corrected chi connectivity index (χ0v) is 17.4. The average Bonchev–Trinajstić information content (AvgIpc) is 2.77. The number of halogens is 2. The van der Waals surface area contributed by atoms with Gasteiger partial charge in [0.05, 0.1) is 12.2 Å². The van der Waals surface area contributed by atoms with Crippen LogP contribution in [0.5, 0.6) is 5.75 Å². The molecule has 0 atom stereocenters. The number of ether oxygens (including phenoxy) is 1. The third kappa shape index (κ3) is 5.60. The number of rotatable bonds is 6. The topological polar surface area (TPSA) is 9.23 Å². The summed E-state index contributed by atoms with van der Waals surface area (Å²) in [5.74, 6) is 4.98. The number of hydrogen-bond donors (Lipinski definition) is 0. The van der Waals surface area contributed by atoms with Crippen LogP contribution in [-0.2, 0) is 6.42 Å². The van der Waals surface area contributed by atoms with Crippen LogP contribution in [0.2, 0.25) is 0 Å². The van der Waals surface area contributed by atoms with Crippen LogP contribution in [0, 0.1) is 29.4 Å². The Hall–Kier alpha value is -2.34.